The highest BCUT2D eigenvalue weighted by molar-refractivity contribution is 6.05. The number of rotatable bonds is 8. The van der Waals surface area contributed by atoms with Gasteiger partial charge in [-0.1, -0.05) is 38.1 Å². The fourth-order valence-electron chi connectivity index (χ4n) is 2.94. The van der Waals surface area contributed by atoms with Crippen molar-refractivity contribution in [2.45, 2.75) is 19.8 Å². The summed E-state index contributed by atoms with van der Waals surface area (Å²) in [6.07, 6.45) is 0. The second-order valence-corrected chi connectivity index (χ2v) is 7.29. The van der Waals surface area contributed by atoms with Gasteiger partial charge in [-0.3, -0.25) is 9.59 Å². The molecule has 0 radical (unpaired) electrons. The molecule has 3 rings (SSSR count). The summed E-state index contributed by atoms with van der Waals surface area (Å²) in [4.78, 5) is 24.6. The zero-order valence-electron chi connectivity index (χ0n) is 17.8. The molecule has 0 aliphatic rings. The lowest BCUT2D eigenvalue weighted by Crippen LogP contribution is -2.20. The number of carbonyl (C=O) groups is 2. The lowest BCUT2D eigenvalue weighted by atomic mass is 10.0. The molecule has 0 saturated heterocycles. The molecule has 3 aromatic rings. The van der Waals surface area contributed by atoms with Crippen molar-refractivity contribution in [1.29, 1.82) is 0 Å². The van der Waals surface area contributed by atoms with Crippen LogP contribution in [0.3, 0.4) is 0 Å². The molecule has 0 aliphatic heterocycles. The van der Waals surface area contributed by atoms with Crippen LogP contribution in [0.15, 0.2) is 72.8 Å². The molecule has 2 N–H and O–H groups in total. The van der Waals surface area contributed by atoms with Crippen molar-refractivity contribution in [1.82, 2.24) is 0 Å². The van der Waals surface area contributed by atoms with Gasteiger partial charge in [-0.2, -0.15) is 0 Å². The first kappa shape index (κ1) is 21.9. The molecule has 0 unspecified atom stereocenters. The Labute approximate surface area is 182 Å². The van der Waals surface area contributed by atoms with E-state index in [4.69, 9.17) is 9.47 Å². The Morgan fingerprint density at radius 1 is 0.871 bits per heavy atom. The number of carbonyl (C=O) groups excluding carboxylic acids is 2. The van der Waals surface area contributed by atoms with Crippen molar-refractivity contribution in [2.75, 3.05) is 24.4 Å². The summed E-state index contributed by atoms with van der Waals surface area (Å²) in [7, 11) is 1.55. The third-order valence-corrected chi connectivity index (χ3v) is 4.70. The molecule has 6 heteroatoms. The van der Waals surface area contributed by atoms with Gasteiger partial charge < -0.3 is 20.1 Å². The lowest BCUT2D eigenvalue weighted by Gasteiger charge is -2.11. The fourth-order valence-corrected chi connectivity index (χ4v) is 2.94. The summed E-state index contributed by atoms with van der Waals surface area (Å²) in [5, 5.41) is 5.58. The van der Waals surface area contributed by atoms with Gasteiger partial charge in [-0.25, -0.2) is 0 Å². The summed E-state index contributed by atoms with van der Waals surface area (Å²) in [5.74, 6) is 1.12. The van der Waals surface area contributed by atoms with Gasteiger partial charge in [0.25, 0.3) is 11.8 Å². The summed E-state index contributed by atoms with van der Waals surface area (Å²) in [6, 6.07) is 21.5. The standard InChI is InChI=1S/C25H26N2O4/c1-17(2)18-10-14-21(15-11-18)31-16-24(28)26-20-12-8-19(9-13-20)25(29)27-22-6-4-5-7-23(22)30-3/h4-15,17H,16H2,1-3H3,(H,26,28)(H,27,29). The van der Waals surface area contributed by atoms with Crippen molar-refractivity contribution in [2.24, 2.45) is 0 Å². The van der Waals surface area contributed by atoms with Crippen molar-refractivity contribution >= 4 is 23.2 Å². The lowest BCUT2D eigenvalue weighted by molar-refractivity contribution is -0.118. The van der Waals surface area contributed by atoms with Gasteiger partial charge in [0.2, 0.25) is 0 Å². The van der Waals surface area contributed by atoms with E-state index in [9.17, 15) is 9.59 Å². The fraction of sp³-hybridized carbons (Fsp3) is 0.200. The van der Waals surface area contributed by atoms with Crippen LogP contribution >= 0.6 is 0 Å². The number of hydrogen-bond donors (Lipinski definition) is 2. The largest absolute Gasteiger partial charge is 0.495 e. The first-order chi connectivity index (χ1) is 15.0. The van der Waals surface area contributed by atoms with Crippen LogP contribution in [0.25, 0.3) is 0 Å². The van der Waals surface area contributed by atoms with Crippen LogP contribution in [0.4, 0.5) is 11.4 Å². The zero-order chi connectivity index (χ0) is 22.2. The maximum absolute atomic E-state index is 12.5. The van der Waals surface area contributed by atoms with E-state index >= 15 is 0 Å². The van der Waals surface area contributed by atoms with E-state index in [1.165, 1.54) is 5.56 Å². The van der Waals surface area contributed by atoms with E-state index in [0.717, 1.165) is 0 Å². The highest BCUT2D eigenvalue weighted by Crippen LogP contribution is 2.24. The highest BCUT2D eigenvalue weighted by atomic mass is 16.5. The summed E-state index contributed by atoms with van der Waals surface area (Å²) < 4.78 is 10.8. The number of benzene rings is 3. The van der Waals surface area contributed by atoms with Gasteiger partial charge in [0.1, 0.15) is 11.5 Å². The molecule has 0 aromatic heterocycles. The Bertz CT molecular complexity index is 1030. The molecule has 6 nitrogen and oxygen atoms in total. The Hall–Kier alpha value is -3.80. The molecule has 31 heavy (non-hydrogen) atoms. The van der Waals surface area contributed by atoms with Crippen molar-refractivity contribution < 1.29 is 19.1 Å². The normalized spacial score (nSPS) is 10.5. The van der Waals surface area contributed by atoms with Gasteiger partial charge in [0, 0.05) is 11.3 Å². The molecule has 0 heterocycles. The number of methoxy groups -OCH3 is 1. The van der Waals surface area contributed by atoms with Crippen molar-refractivity contribution in [3.8, 4) is 11.5 Å². The Kier molecular flexibility index (Phi) is 7.27. The van der Waals surface area contributed by atoms with Gasteiger partial charge >= 0.3 is 0 Å². The monoisotopic (exact) mass is 418 g/mol. The molecule has 0 fully saturated rings. The van der Waals surface area contributed by atoms with E-state index in [2.05, 4.69) is 24.5 Å². The molecule has 0 bridgehead atoms. The molecule has 2 amide bonds. The van der Waals surface area contributed by atoms with Crippen LogP contribution in [0.2, 0.25) is 0 Å². The Morgan fingerprint density at radius 3 is 2.19 bits per heavy atom. The van der Waals surface area contributed by atoms with Crippen LogP contribution in [0.1, 0.15) is 35.7 Å². The van der Waals surface area contributed by atoms with Crippen LogP contribution in [0, 0.1) is 0 Å². The van der Waals surface area contributed by atoms with E-state index in [1.807, 2.05) is 36.4 Å². The molecule has 0 spiro atoms. The predicted molar refractivity (Wildman–Crippen MR) is 122 cm³/mol. The van der Waals surface area contributed by atoms with Gasteiger partial charge in [-0.15, -0.1) is 0 Å². The van der Waals surface area contributed by atoms with E-state index in [1.54, 1.807) is 43.5 Å². The quantitative estimate of drug-likeness (QED) is 0.534. The number of ether oxygens (including phenoxy) is 2. The van der Waals surface area contributed by atoms with Crippen molar-refractivity contribution in [3.63, 3.8) is 0 Å². The molecule has 160 valence electrons. The first-order valence-corrected chi connectivity index (χ1v) is 10.0. The molecule has 0 atom stereocenters. The summed E-state index contributed by atoms with van der Waals surface area (Å²) in [6.45, 7) is 4.14. The van der Waals surface area contributed by atoms with Gasteiger partial charge in [-0.05, 0) is 60.0 Å². The van der Waals surface area contributed by atoms with Gasteiger partial charge in [0.15, 0.2) is 6.61 Å². The molecule has 0 aliphatic carbocycles. The minimum Gasteiger partial charge on any atom is -0.495 e. The smallest absolute Gasteiger partial charge is 0.262 e. The molecular formula is C25H26N2O4. The van der Waals surface area contributed by atoms with Crippen molar-refractivity contribution in [3.05, 3.63) is 83.9 Å². The highest BCUT2D eigenvalue weighted by Gasteiger charge is 2.10. The summed E-state index contributed by atoms with van der Waals surface area (Å²) in [5.41, 5.74) is 2.85. The molecule has 0 saturated carbocycles. The first-order valence-electron chi connectivity index (χ1n) is 10.0. The number of nitrogens with one attached hydrogen (secondary N) is 2. The van der Waals surface area contributed by atoms with Crippen LogP contribution in [0.5, 0.6) is 11.5 Å². The second kappa shape index (κ2) is 10.3. The van der Waals surface area contributed by atoms with E-state index in [0.29, 0.717) is 34.4 Å². The third-order valence-electron chi connectivity index (χ3n) is 4.70. The second-order valence-electron chi connectivity index (χ2n) is 7.29. The molecular weight excluding hydrogens is 392 g/mol. The third kappa shape index (κ3) is 6.09. The van der Waals surface area contributed by atoms with Gasteiger partial charge in [0.05, 0.1) is 12.8 Å². The maximum atomic E-state index is 12.5. The predicted octanol–water partition coefficient (Wildman–Crippen LogP) is 5.09. The van der Waals surface area contributed by atoms with Crippen LogP contribution < -0.4 is 20.1 Å². The topological polar surface area (TPSA) is 76.7 Å². The van der Waals surface area contributed by atoms with E-state index in [-0.39, 0.29) is 18.4 Å². The minimum atomic E-state index is -0.279. The minimum absolute atomic E-state index is 0.100. The summed E-state index contributed by atoms with van der Waals surface area (Å²) >= 11 is 0. The van der Waals surface area contributed by atoms with Crippen LogP contribution in [-0.4, -0.2) is 25.5 Å². The number of para-hydroxylation sites is 2. The SMILES string of the molecule is COc1ccccc1NC(=O)c1ccc(NC(=O)COc2ccc(C(C)C)cc2)cc1. The Balaban J connectivity index is 1.52. The van der Waals surface area contributed by atoms with Crippen LogP contribution in [-0.2, 0) is 4.79 Å². The number of amides is 2. The Morgan fingerprint density at radius 2 is 1.55 bits per heavy atom. The number of hydrogen-bond acceptors (Lipinski definition) is 4. The average molecular weight is 418 g/mol. The van der Waals surface area contributed by atoms with E-state index < -0.39 is 0 Å². The zero-order valence-corrected chi connectivity index (χ0v) is 17.8. The average Bonchev–Trinajstić information content (AvgIpc) is 2.78. The number of anilines is 2. The maximum Gasteiger partial charge on any atom is 0.262 e. The molecule has 3 aromatic carbocycles.